The Labute approximate surface area is 173 Å². The zero-order valence-electron chi connectivity index (χ0n) is 16.9. The van der Waals surface area contributed by atoms with E-state index in [0.29, 0.717) is 24.0 Å². The normalized spacial score (nSPS) is 14.4. The predicted molar refractivity (Wildman–Crippen MR) is 109 cm³/mol. The number of benzene rings is 1. The van der Waals surface area contributed by atoms with E-state index >= 15 is 0 Å². The van der Waals surface area contributed by atoms with Gasteiger partial charge in [0.2, 0.25) is 0 Å². The first-order chi connectivity index (χ1) is 13.6. The molecule has 1 aromatic heterocycles. The van der Waals surface area contributed by atoms with Crippen molar-refractivity contribution in [3.63, 3.8) is 0 Å². The van der Waals surface area contributed by atoms with E-state index in [2.05, 4.69) is 5.32 Å². The van der Waals surface area contributed by atoms with Crippen LogP contribution in [0.3, 0.4) is 0 Å². The molecule has 1 aliphatic carbocycles. The summed E-state index contributed by atoms with van der Waals surface area (Å²) in [4.78, 5) is 36.7. The molecule has 3 rings (SSSR count). The summed E-state index contributed by atoms with van der Waals surface area (Å²) in [5.74, 6) is -0.627. The molecule has 0 fully saturated rings. The Kier molecular flexibility index (Phi) is 5.89. The van der Waals surface area contributed by atoms with Crippen LogP contribution in [0.15, 0.2) is 21.3 Å². The smallest absolute Gasteiger partial charge is 0.408 e. The van der Waals surface area contributed by atoms with Crippen LogP contribution in [-0.4, -0.2) is 23.7 Å². The van der Waals surface area contributed by atoms with E-state index < -0.39 is 23.7 Å². The summed E-state index contributed by atoms with van der Waals surface area (Å²) in [7, 11) is 0. The van der Waals surface area contributed by atoms with E-state index in [4.69, 9.17) is 25.5 Å². The van der Waals surface area contributed by atoms with Crippen LogP contribution in [0.25, 0.3) is 11.0 Å². The van der Waals surface area contributed by atoms with E-state index in [1.165, 1.54) is 6.07 Å². The van der Waals surface area contributed by atoms with Crippen LogP contribution in [0.4, 0.5) is 4.79 Å². The summed E-state index contributed by atoms with van der Waals surface area (Å²) >= 11 is 6.32. The monoisotopic (exact) mass is 421 g/mol. The van der Waals surface area contributed by atoms with E-state index in [-0.39, 0.29) is 16.4 Å². The first kappa shape index (κ1) is 21.2. The van der Waals surface area contributed by atoms with Crippen LogP contribution in [0, 0.1) is 0 Å². The van der Waals surface area contributed by atoms with Crippen LogP contribution in [0.5, 0.6) is 5.75 Å². The SMILES string of the molecule is CC[C@@H](NC(=O)OC(C)(C)C)C(=O)Oc1cc2oc(=O)c3c(c2cc1Cl)CCC3. The molecule has 1 aliphatic rings. The van der Waals surface area contributed by atoms with Crippen molar-refractivity contribution in [1.82, 2.24) is 5.32 Å². The fourth-order valence-corrected chi connectivity index (χ4v) is 3.52. The van der Waals surface area contributed by atoms with Gasteiger partial charge in [-0.2, -0.15) is 0 Å². The number of ether oxygens (including phenoxy) is 2. The van der Waals surface area contributed by atoms with Crippen molar-refractivity contribution in [3.8, 4) is 5.75 Å². The van der Waals surface area contributed by atoms with Crippen LogP contribution in [0.2, 0.25) is 5.02 Å². The third-order valence-electron chi connectivity index (χ3n) is 4.62. The van der Waals surface area contributed by atoms with Crippen molar-refractivity contribution in [2.45, 2.75) is 65.0 Å². The predicted octanol–water partition coefficient (Wildman–Crippen LogP) is 4.14. The Morgan fingerprint density at radius 2 is 1.93 bits per heavy atom. The third kappa shape index (κ3) is 4.72. The molecule has 1 atom stereocenters. The zero-order valence-corrected chi connectivity index (χ0v) is 17.6. The van der Waals surface area contributed by atoms with Gasteiger partial charge in [-0.05, 0) is 58.1 Å². The molecule has 0 radical (unpaired) electrons. The number of rotatable bonds is 4. The zero-order chi connectivity index (χ0) is 21.3. The molecule has 0 spiro atoms. The number of fused-ring (bicyclic) bond motifs is 3. The Morgan fingerprint density at radius 3 is 2.59 bits per heavy atom. The Morgan fingerprint density at radius 1 is 1.24 bits per heavy atom. The second-order valence-electron chi connectivity index (χ2n) is 8.01. The van der Waals surface area contributed by atoms with Gasteiger partial charge in [-0.1, -0.05) is 18.5 Å². The first-order valence-electron chi connectivity index (χ1n) is 9.58. The standard InChI is InChI=1S/C21H24ClNO6/c1-5-15(23-20(26)29-21(2,3)4)19(25)28-17-10-16-13(9-14(17)22)11-7-6-8-12(11)18(24)27-16/h9-10,15H,5-8H2,1-4H3,(H,23,26)/t15-/m1/s1. The van der Waals surface area contributed by atoms with Crippen molar-refractivity contribution in [2.24, 2.45) is 0 Å². The van der Waals surface area contributed by atoms with Gasteiger partial charge in [-0.3, -0.25) is 0 Å². The number of alkyl carbamates (subject to hydrolysis) is 1. The summed E-state index contributed by atoms with van der Waals surface area (Å²) in [5, 5.41) is 3.46. The minimum absolute atomic E-state index is 0.0645. The number of carbonyl (C=O) groups excluding carboxylic acids is 2. The van der Waals surface area contributed by atoms with Gasteiger partial charge in [0.1, 0.15) is 17.2 Å². The molecule has 29 heavy (non-hydrogen) atoms. The Balaban J connectivity index is 1.82. The van der Waals surface area contributed by atoms with Gasteiger partial charge < -0.3 is 19.2 Å². The molecule has 1 aromatic carbocycles. The average molecular weight is 422 g/mol. The van der Waals surface area contributed by atoms with Gasteiger partial charge in [-0.25, -0.2) is 14.4 Å². The summed E-state index contributed by atoms with van der Waals surface area (Å²) in [6, 6.07) is 2.17. The van der Waals surface area contributed by atoms with Gasteiger partial charge in [-0.15, -0.1) is 0 Å². The highest BCUT2D eigenvalue weighted by Crippen LogP contribution is 2.34. The lowest BCUT2D eigenvalue weighted by Gasteiger charge is -2.22. The quantitative estimate of drug-likeness (QED) is 0.452. The van der Waals surface area contributed by atoms with Crippen molar-refractivity contribution in [2.75, 3.05) is 0 Å². The maximum atomic E-state index is 12.5. The van der Waals surface area contributed by atoms with Gasteiger partial charge in [0, 0.05) is 17.0 Å². The molecule has 0 saturated heterocycles. The molecule has 0 bridgehead atoms. The van der Waals surface area contributed by atoms with E-state index in [9.17, 15) is 14.4 Å². The Hall–Kier alpha value is -2.54. The molecule has 0 unspecified atom stereocenters. The summed E-state index contributed by atoms with van der Waals surface area (Å²) in [6.07, 6.45) is 1.95. The number of nitrogens with one attached hydrogen (secondary N) is 1. The van der Waals surface area contributed by atoms with E-state index in [0.717, 1.165) is 23.8 Å². The molecule has 1 heterocycles. The van der Waals surface area contributed by atoms with Gasteiger partial charge in [0.05, 0.1) is 5.02 Å². The topological polar surface area (TPSA) is 94.8 Å². The summed E-state index contributed by atoms with van der Waals surface area (Å²) < 4.78 is 16.0. The lowest BCUT2D eigenvalue weighted by atomic mass is 10.1. The molecule has 0 saturated carbocycles. The number of carbonyl (C=O) groups is 2. The van der Waals surface area contributed by atoms with Gasteiger partial charge in [0.25, 0.3) is 0 Å². The van der Waals surface area contributed by atoms with Gasteiger partial charge >= 0.3 is 17.7 Å². The molecule has 1 amide bonds. The van der Waals surface area contributed by atoms with E-state index in [1.54, 1.807) is 33.8 Å². The number of aryl methyl sites for hydroxylation is 1. The number of esters is 1. The molecule has 7 nitrogen and oxygen atoms in total. The van der Waals surface area contributed by atoms with Crippen LogP contribution >= 0.6 is 11.6 Å². The second-order valence-corrected chi connectivity index (χ2v) is 8.41. The maximum absolute atomic E-state index is 12.5. The molecular weight excluding hydrogens is 398 g/mol. The molecule has 2 aromatic rings. The summed E-state index contributed by atoms with van der Waals surface area (Å²) in [6.45, 7) is 6.91. The van der Waals surface area contributed by atoms with Crippen LogP contribution in [-0.2, 0) is 22.4 Å². The fraction of sp³-hybridized carbons (Fsp3) is 0.476. The molecule has 1 N–H and O–H groups in total. The molecule has 156 valence electrons. The number of hydrogen-bond acceptors (Lipinski definition) is 6. The number of amides is 1. The molecule has 0 aliphatic heterocycles. The maximum Gasteiger partial charge on any atom is 0.408 e. The highest BCUT2D eigenvalue weighted by molar-refractivity contribution is 6.33. The van der Waals surface area contributed by atoms with Crippen molar-refractivity contribution in [1.29, 1.82) is 0 Å². The van der Waals surface area contributed by atoms with Crippen molar-refractivity contribution >= 4 is 34.6 Å². The lowest BCUT2D eigenvalue weighted by Crippen LogP contribution is -2.44. The van der Waals surface area contributed by atoms with Crippen molar-refractivity contribution in [3.05, 3.63) is 38.7 Å². The molecule has 8 heteroatoms. The number of hydrogen-bond donors (Lipinski definition) is 1. The Bertz CT molecular complexity index is 1020. The third-order valence-corrected chi connectivity index (χ3v) is 4.92. The fourth-order valence-electron chi connectivity index (χ4n) is 3.32. The summed E-state index contributed by atoms with van der Waals surface area (Å²) in [5.41, 5.74) is 0.879. The lowest BCUT2D eigenvalue weighted by molar-refractivity contribution is -0.136. The molecular formula is C21H24ClNO6. The highest BCUT2D eigenvalue weighted by atomic mass is 35.5. The van der Waals surface area contributed by atoms with Gasteiger partial charge in [0.15, 0.2) is 5.75 Å². The number of halogens is 1. The first-order valence-corrected chi connectivity index (χ1v) is 9.96. The van der Waals surface area contributed by atoms with Crippen molar-refractivity contribution < 1.29 is 23.5 Å². The van der Waals surface area contributed by atoms with E-state index in [1.807, 2.05) is 0 Å². The second kappa shape index (κ2) is 8.06. The minimum atomic E-state index is -0.913. The minimum Gasteiger partial charge on any atom is -0.444 e. The highest BCUT2D eigenvalue weighted by Gasteiger charge is 2.26. The van der Waals surface area contributed by atoms with Crippen LogP contribution in [0.1, 0.15) is 51.7 Å². The largest absolute Gasteiger partial charge is 0.444 e. The van der Waals surface area contributed by atoms with Crippen LogP contribution < -0.4 is 15.7 Å². The average Bonchev–Trinajstić information content (AvgIpc) is 3.10.